The Labute approximate surface area is 118 Å². The van der Waals surface area contributed by atoms with E-state index in [9.17, 15) is 9.59 Å². The summed E-state index contributed by atoms with van der Waals surface area (Å²) in [6.07, 6.45) is 2.71. The summed E-state index contributed by atoms with van der Waals surface area (Å²) in [5.41, 5.74) is 0. The highest BCUT2D eigenvalue weighted by Crippen LogP contribution is 2.84. The zero-order chi connectivity index (χ0) is 13.8. The molecule has 0 aromatic heterocycles. The number of hydrogen-bond acceptors (Lipinski definition) is 4. The van der Waals surface area contributed by atoms with Gasteiger partial charge in [-0.15, -0.1) is 0 Å². The van der Waals surface area contributed by atoms with Crippen molar-refractivity contribution in [2.75, 3.05) is 14.2 Å². The van der Waals surface area contributed by atoms with Crippen LogP contribution in [0.15, 0.2) is 0 Å². The van der Waals surface area contributed by atoms with Crippen molar-refractivity contribution in [2.24, 2.45) is 59.2 Å². The molecule has 6 fully saturated rings. The maximum atomic E-state index is 12.3. The van der Waals surface area contributed by atoms with Crippen molar-refractivity contribution >= 4 is 11.9 Å². The van der Waals surface area contributed by atoms with Gasteiger partial charge in [0.05, 0.1) is 26.1 Å². The first kappa shape index (κ1) is 11.6. The van der Waals surface area contributed by atoms with Crippen LogP contribution in [0.2, 0.25) is 0 Å². The van der Waals surface area contributed by atoms with E-state index in [1.807, 2.05) is 0 Å². The second-order valence-corrected chi connectivity index (χ2v) is 7.47. The third-order valence-corrected chi connectivity index (χ3v) is 7.64. The van der Waals surface area contributed by atoms with Crippen LogP contribution in [0, 0.1) is 59.2 Å². The normalized spacial score (nSPS) is 59.5. The first-order valence-corrected chi connectivity index (χ1v) is 7.86. The van der Waals surface area contributed by atoms with Crippen LogP contribution < -0.4 is 0 Å². The monoisotopic (exact) mass is 276 g/mol. The largest absolute Gasteiger partial charge is 0.469 e. The number of ether oxygens (including phenoxy) is 2. The second-order valence-electron chi connectivity index (χ2n) is 7.47. The average molecular weight is 276 g/mol. The van der Waals surface area contributed by atoms with Gasteiger partial charge in [-0.05, 0) is 60.2 Å². The molecule has 10 atom stereocenters. The van der Waals surface area contributed by atoms with Gasteiger partial charge in [-0.1, -0.05) is 0 Å². The number of hydrogen-bond donors (Lipinski definition) is 0. The van der Waals surface area contributed by atoms with E-state index in [-0.39, 0.29) is 23.8 Å². The van der Waals surface area contributed by atoms with Crippen LogP contribution in [0.25, 0.3) is 0 Å². The van der Waals surface area contributed by atoms with Gasteiger partial charge in [0.15, 0.2) is 0 Å². The van der Waals surface area contributed by atoms with Gasteiger partial charge in [-0.25, -0.2) is 0 Å². The SMILES string of the molecule is COC(=O)[C@@H]1[C@@H](C(=O)OC)[C@H]2C3C4[C@H]5CC[C@H]4[C@@H]2[C@H]5[C@H]31. The van der Waals surface area contributed by atoms with E-state index in [1.54, 1.807) is 0 Å². The van der Waals surface area contributed by atoms with Crippen molar-refractivity contribution in [3.8, 4) is 0 Å². The van der Waals surface area contributed by atoms with Crippen molar-refractivity contribution in [1.29, 1.82) is 0 Å². The van der Waals surface area contributed by atoms with Gasteiger partial charge in [0.1, 0.15) is 0 Å². The number of carbonyl (C=O) groups excluding carboxylic acids is 2. The number of methoxy groups -OCH3 is 2. The van der Waals surface area contributed by atoms with Gasteiger partial charge in [0.25, 0.3) is 0 Å². The van der Waals surface area contributed by atoms with Crippen LogP contribution in [0.5, 0.6) is 0 Å². The lowest BCUT2D eigenvalue weighted by Crippen LogP contribution is -2.45. The molecule has 0 aliphatic heterocycles. The predicted molar refractivity (Wildman–Crippen MR) is 68.2 cm³/mol. The molecule has 4 nitrogen and oxygen atoms in total. The van der Waals surface area contributed by atoms with Crippen molar-refractivity contribution in [1.82, 2.24) is 0 Å². The fourth-order valence-electron chi connectivity index (χ4n) is 7.81. The zero-order valence-corrected chi connectivity index (χ0v) is 11.8. The summed E-state index contributed by atoms with van der Waals surface area (Å²) >= 11 is 0. The Bertz CT molecular complexity index is 471. The van der Waals surface area contributed by atoms with Crippen molar-refractivity contribution < 1.29 is 19.1 Å². The molecular formula is C16H20O4. The summed E-state index contributed by atoms with van der Waals surface area (Å²) in [7, 11) is 2.88. The topological polar surface area (TPSA) is 52.6 Å². The van der Waals surface area contributed by atoms with E-state index >= 15 is 0 Å². The van der Waals surface area contributed by atoms with E-state index in [1.165, 1.54) is 27.1 Å². The molecule has 0 aromatic rings. The van der Waals surface area contributed by atoms with E-state index in [0.29, 0.717) is 29.6 Å². The van der Waals surface area contributed by atoms with Crippen LogP contribution in [-0.2, 0) is 19.1 Å². The summed E-state index contributed by atoms with van der Waals surface area (Å²) in [6, 6.07) is 0. The molecule has 0 aromatic carbocycles. The van der Waals surface area contributed by atoms with E-state index in [0.717, 1.165) is 17.8 Å². The summed E-state index contributed by atoms with van der Waals surface area (Å²) in [6.45, 7) is 0. The minimum atomic E-state index is -0.227. The molecule has 0 saturated heterocycles. The third kappa shape index (κ3) is 0.932. The second kappa shape index (κ2) is 3.40. The summed E-state index contributed by atoms with van der Waals surface area (Å²) < 4.78 is 10.0. The maximum Gasteiger partial charge on any atom is 0.309 e. The Morgan fingerprint density at radius 1 is 0.700 bits per heavy atom. The van der Waals surface area contributed by atoms with Gasteiger partial charge in [0, 0.05) is 0 Å². The zero-order valence-electron chi connectivity index (χ0n) is 11.8. The molecule has 0 amide bonds. The van der Waals surface area contributed by atoms with Gasteiger partial charge in [-0.2, -0.15) is 0 Å². The highest BCUT2D eigenvalue weighted by atomic mass is 16.5. The van der Waals surface area contributed by atoms with E-state index < -0.39 is 0 Å². The number of rotatable bonds is 2. The first-order chi connectivity index (χ1) is 9.70. The lowest BCUT2D eigenvalue weighted by atomic mass is 9.63. The van der Waals surface area contributed by atoms with Crippen LogP contribution in [0.1, 0.15) is 12.8 Å². The average Bonchev–Trinajstić information content (AvgIpc) is 3.23. The lowest BCUT2D eigenvalue weighted by molar-refractivity contribution is -0.163. The van der Waals surface area contributed by atoms with Crippen molar-refractivity contribution in [3.63, 3.8) is 0 Å². The number of carbonyl (C=O) groups is 2. The Balaban J connectivity index is 1.59. The lowest BCUT2D eigenvalue weighted by Gasteiger charge is -2.40. The molecule has 6 aliphatic carbocycles. The molecule has 6 rings (SSSR count). The van der Waals surface area contributed by atoms with Gasteiger partial charge in [0.2, 0.25) is 0 Å². The highest BCUT2D eigenvalue weighted by Gasteiger charge is 2.83. The van der Waals surface area contributed by atoms with E-state index in [4.69, 9.17) is 9.47 Å². The standard InChI is InChI=1S/C16H20O4/c1-19-15(17)13-11-8-5-3-4-6-7(5)10(11)12(9(6)8)14(13)16(18)20-2/h5-14H,3-4H2,1-2H3/t5-,6-,7?,8-,9+,10?,11-,12-,13+,14+/m1/s1. The van der Waals surface area contributed by atoms with Crippen LogP contribution in [-0.4, -0.2) is 26.2 Å². The molecule has 0 radical (unpaired) electrons. The molecule has 0 spiro atoms. The molecule has 6 aliphatic rings. The smallest absolute Gasteiger partial charge is 0.309 e. The minimum absolute atomic E-state index is 0.181. The molecule has 2 unspecified atom stereocenters. The molecule has 4 heteroatoms. The maximum absolute atomic E-state index is 12.3. The predicted octanol–water partition coefficient (Wildman–Crippen LogP) is 1.34. The summed E-state index contributed by atoms with van der Waals surface area (Å²) in [5, 5.41) is 0. The van der Waals surface area contributed by atoms with Gasteiger partial charge in [-0.3, -0.25) is 9.59 Å². The van der Waals surface area contributed by atoms with Crippen molar-refractivity contribution in [2.45, 2.75) is 12.8 Å². The van der Waals surface area contributed by atoms with Crippen LogP contribution in [0.4, 0.5) is 0 Å². The number of esters is 2. The minimum Gasteiger partial charge on any atom is -0.469 e. The molecule has 8 bridgehead atoms. The fraction of sp³-hybridized carbons (Fsp3) is 0.875. The third-order valence-electron chi connectivity index (χ3n) is 7.64. The summed E-state index contributed by atoms with van der Waals surface area (Å²) in [4.78, 5) is 24.5. The molecule has 6 saturated carbocycles. The molecule has 0 N–H and O–H groups in total. The van der Waals surface area contributed by atoms with Gasteiger partial charge >= 0.3 is 11.9 Å². The Hall–Kier alpha value is -1.06. The van der Waals surface area contributed by atoms with Crippen LogP contribution in [0.3, 0.4) is 0 Å². The van der Waals surface area contributed by atoms with Crippen molar-refractivity contribution in [3.05, 3.63) is 0 Å². The Morgan fingerprint density at radius 3 is 1.55 bits per heavy atom. The quantitative estimate of drug-likeness (QED) is 0.714. The Morgan fingerprint density at radius 2 is 1.15 bits per heavy atom. The molecular weight excluding hydrogens is 256 g/mol. The van der Waals surface area contributed by atoms with Gasteiger partial charge < -0.3 is 9.47 Å². The molecule has 0 heterocycles. The van der Waals surface area contributed by atoms with Crippen LogP contribution >= 0.6 is 0 Å². The summed E-state index contributed by atoms with van der Waals surface area (Å²) in [5.74, 6) is 4.53. The Kier molecular flexibility index (Phi) is 1.97. The highest BCUT2D eigenvalue weighted by molar-refractivity contribution is 5.84. The first-order valence-electron chi connectivity index (χ1n) is 7.86. The fourth-order valence-corrected chi connectivity index (χ4v) is 7.81. The molecule has 20 heavy (non-hydrogen) atoms. The molecule has 108 valence electrons. The van der Waals surface area contributed by atoms with E-state index in [2.05, 4.69) is 0 Å².